The first-order valence-electron chi connectivity index (χ1n) is 13.2. The number of fused-ring (bicyclic) bond motifs is 5. The molecule has 10 atom stereocenters. The smallest absolute Gasteiger partial charge is 0.387 e. The Kier molecular flexibility index (Phi) is 7.39. The lowest BCUT2D eigenvalue weighted by Crippen LogP contribution is -2.36. The van der Waals surface area contributed by atoms with Crippen LogP contribution in [0.3, 0.4) is 0 Å². The molecule has 0 aliphatic carbocycles. The van der Waals surface area contributed by atoms with Gasteiger partial charge in [0.05, 0.1) is 32.3 Å². The maximum Gasteiger partial charge on any atom is 0.472 e. The highest BCUT2D eigenvalue weighted by Crippen LogP contribution is 2.54. The van der Waals surface area contributed by atoms with E-state index in [4.69, 9.17) is 39.0 Å². The molecular formula is C21H25N9O13P2. The van der Waals surface area contributed by atoms with Gasteiger partial charge in [-0.1, -0.05) is 0 Å². The SMILES string of the molecule is NC1=Nc2c(ncn2C2OC3COP(=O)(O)OC4C(COP(=O)(O)OC2C3O)OC(n2cnc3c(N)ncnc32)C4O)C(=O)C1. The normalized spacial score (nSPS) is 39.0. The van der Waals surface area contributed by atoms with Gasteiger partial charge in [-0.2, -0.15) is 0 Å². The van der Waals surface area contributed by atoms with Crippen LogP contribution in [0.2, 0.25) is 0 Å². The van der Waals surface area contributed by atoms with Gasteiger partial charge in [0.1, 0.15) is 54.3 Å². The second-order valence-corrected chi connectivity index (χ2v) is 13.2. The number of ketones is 1. The van der Waals surface area contributed by atoms with Crippen molar-refractivity contribution in [2.24, 2.45) is 10.7 Å². The topological polar surface area (TPSA) is 313 Å². The fraction of sp³-hybridized carbons (Fsp3) is 0.524. The molecule has 4 aliphatic rings. The Morgan fingerprint density at radius 3 is 2.27 bits per heavy atom. The number of aliphatic imine (C=N–C) groups is 1. The Bertz CT molecular complexity index is 1800. The van der Waals surface area contributed by atoms with Gasteiger partial charge in [-0.3, -0.25) is 32.0 Å². The molecule has 0 amide bonds. The zero-order valence-electron chi connectivity index (χ0n) is 22.6. The summed E-state index contributed by atoms with van der Waals surface area (Å²) in [6, 6.07) is 0. The zero-order valence-corrected chi connectivity index (χ0v) is 24.4. The lowest BCUT2D eigenvalue weighted by atomic mass is 10.1. The van der Waals surface area contributed by atoms with Crippen LogP contribution in [0.25, 0.3) is 11.2 Å². The molecule has 3 aromatic rings. The van der Waals surface area contributed by atoms with Crippen molar-refractivity contribution >= 4 is 50.1 Å². The van der Waals surface area contributed by atoms with Gasteiger partial charge in [-0.05, 0) is 0 Å². The van der Waals surface area contributed by atoms with E-state index < -0.39 is 83.7 Å². The van der Waals surface area contributed by atoms with Gasteiger partial charge in [0.2, 0.25) is 0 Å². The first-order valence-corrected chi connectivity index (χ1v) is 16.2. The van der Waals surface area contributed by atoms with E-state index in [1.54, 1.807) is 0 Å². The van der Waals surface area contributed by atoms with Gasteiger partial charge >= 0.3 is 15.6 Å². The van der Waals surface area contributed by atoms with E-state index in [-0.39, 0.29) is 40.7 Å². The summed E-state index contributed by atoms with van der Waals surface area (Å²) in [5, 5.41) is 22.1. The van der Waals surface area contributed by atoms with Crippen molar-refractivity contribution < 1.29 is 61.5 Å². The number of aliphatic hydroxyl groups excluding tert-OH is 2. The number of nitrogen functional groups attached to an aromatic ring is 1. The van der Waals surface area contributed by atoms with Gasteiger partial charge in [-0.25, -0.2) is 34.1 Å². The minimum Gasteiger partial charge on any atom is -0.387 e. The van der Waals surface area contributed by atoms with Gasteiger partial charge in [0.25, 0.3) is 0 Å². The third-order valence-electron chi connectivity index (χ3n) is 7.49. The monoisotopic (exact) mass is 673 g/mol. The molecule has 0 saturated carbocycles. The molecule has 3 saturated heterocycles. The summed E-state index contributed by atoms with van der Waals surface area (Å²) in [6.07, 6.45) is -9.24. The number of rotatable bonds is 2. The number of nitrogens with two attached hydrogens (primary N) is 2. The molecule has 4 aliphatic heterocycles. The van der Waals surface area contributed by atoms with Gasteiger partial charge < -0.3 is 40.9 Å². The van der Waals surface area contributed by atoms with Crippen LogP contribution in [0.4, 0.5) is 11.6 Å². The van der Waals surface area contributed by atoms with E-state index in [0.717, 1.165) is 17.2 Å². The molecule has 8 N–H and O–H groups in total. The van der Waals surface area contributed by atoms with Gasteiger partial charge in [0, 0.05) is 0 Å². The predicted octanol–water partition coefficient (Wildman–Crippen LogP) is -1.59. The Balaban J connectivity index is 1.19. The Hall–Kier alpha value is -3.24. The number of aliphatic hydroxyl groups is 2. The molecule has 24 heteroatoms. The van der Waals surface area contributed by atoms with Crippen LogP contribution >= 0.6 is 15.6 Å². The quantitative estimate of drug-likeness (QED) is 0.167. The zero-order chi connectivity index (χ0) is 31.8. The largest absolute Gasteiger partial charge is 0.472 e. The molecule has 2 bridgehead atoms. The molecule has 7 heterocycles. The van der Waals surface area contributed by atoms with E-state index in [1.807, 2.05) is 0 Å². The van der Waals surface area contributed by atoms with Crippen LogP contribution in [0, 0.1) is 0 Å². The van der Waals surface area contributed by atoms with Crippen molar-refractivity contribution in [3.63, 3.8) is 0 Å². The maximum atomic E-state index is 13.2. The van der Waals surface area contributed by atoms with Crippen LogP contribution in [-0.4, -0.2) is 111 Å². The number of hydrogen-bond acceptors (Lipinski definition) is 18. The fourth-order valence-corrected chi connectivity index (χ4v) is 7.34. The van der Waals surface area contributed by atoms with E-state index in [0.29, 0.717) is 0 Å². The van der Waals surface area contributed by atoms with Crippen molar-refractivity contribution in [3.8, 4) is 0 Å². The summed E-state index contributed by atoms with van der Waals surface area (Å²) in [5.41, 5.74) is 11.9. The molecule has 10 unspecified atom stereocenters. The molecule has 3 fully saturated rings. The third kappa shape index (κ3) is 5.37. The molecule has 45 heavy (non-hydrogen) atoms. The van der Waals surface area contributed by atoms with Crippen molar-refractivity contribution in [1.29, 1.82) is 0 Å². The average molecular weight is 673 g/mol. The molecule has 3 aromatic heterocycles. The van der Waals surface area contributed by atoms with Gasteiger partial charge in [-0.15, -0.1) is 0 Å². The number of amidine groups is 1. The minimum atomic E-state index is -5.10. The highest BCUT2D eigenvalue weighted by Gasteiger charge is 2.54. The maximum absolute atomic E-state index is 13.2. The minimum absolute atomic E-state index is 0.0342. The predicted molar refractivity (Wildman–Crippen MR) is 143 cm³/mol. The van der Waals surface area contributed by atoms with Gasteiger partial charge in [0.15, 0.2) is 41.2 Å². The Morgan fingerprint density at radius 2 is 1.51 bits per heavy atom. The number of carbonyl (C=O) groups is 1. The summed E-state index contributed by atoms with van der Waals surface area (Å²) in [4.78, 5) is 53.8. The summed E-state index contributed by atoms with van der Waals surface area (Å²) in [6.45, 7) is -1.63. The average Bonchev–Trinajstić information content (AvgIpc) is 3.72. The van der Waals surface area contributed by atoms with Crippen LogP contribution in [-0.2, 0) is 36.7 Å². The first-order chi connectivity index (χ1) is 21.3. The van der Waals surface area contributed by atoms with Crippen LogP contribution in [0.15, 0.2) is 24.0 Å². The van der Waals surface area contributed by atoms with Crippen molar-refractivity contribution in [2.45, 2.75) is 55.5 Å². The number of anilines is 1. The van der Waals surface area contributed by atoms with E-state index in [9.17, 15) is 33.9 Å². The highest BCUT2D eigenvalue weighted by molar-refractivity contribution is 7.47. The molecule has 7 rings (SSSR count). The van der Waals surface area contributed by atoms with Crippen LogP contribution in [0.1, 0.15) is 29.4 Å². The lowest BCUT2D eigenvalue weighted by Gasteiger charge is -2.26. The standard InChI is InChI=1S/C21H25N9O13P2/c22-10-1-7(31)11-19(28-10)30(5-26-11)21-16-13(32)8(40-21)2-38-44(34,35)42-15-9(3-39-45(36,37)43-16)41-20(14(15)33)29-6-27-12-17(23)24-4-25-18(12)29/h4-6,8-9,13-16,20-21,32-33H,1-3H2,(H2,22,28)(H,34,35)(H,36,37)(H2,23,24,25). The Labute approximate surface area is 250 Å². The van der Waals surface area contributed by atoms with Crippen molar-refractivity contribution in [2.75, 3.05) is 18.9 Å². The molecule has 242 valence electrons. The Morgan fingerprint density at radius 1 is 0.844 bits per heavy atom. The number of phosphoric ester groups is 2. The summed E-state index contributed by atoms with van der Waals surface area (Å²) in [7, 11) is -10.2. The summed E-state index contributed by atoms with van der Waals surface area (Å²) < 4.78 is 61.2. The van der Waals surface area contributed by atoms with Crippen molar-refractivity contribution in [1.82, 2.24) is 29.1 Å². The van der Waals surface area contributed by atoms with Crippen molar-refractivity contribution in [3.05, 3.63) is 24.7 Å². The molecular weight excluding hydrogens is 648 g/mol. The summed E-state index contributed by atoms with van der Waals surface area (Å²) >= 11 is 0. The third-order valence-corrected chi connectivity index (χ3v) is 9.46. The number of aromatic nitrogens is 6. The number of nitrogens with zero attached hydrogens (tertiary/aromatic N) is 7. The summed E-state index contributed by atoms with van der Waals surface area (Å²) in [5.74, 6) is -0.512. The van der Waals surface area contributed by atoms with E-state index in [2.05, 4.69) is 24.9 Å². The number of hydrogen-bond donors (Lipinski definition) is 6. The molecule has 0 spiro atoms. The number of ether oxygens (including phenoxy) is 2. The van der Waals surface area contributed by atoms with E-state index in [1.165, 1.54) is 10.9 Å². The number of phosphoric acid groups is 2. The number of Topliss-reactive ketones (excluding diaryl/α,β-unsaturated/α-hetero) is 1. The first kappa shape index (κ1) is 30.4. The molecule has 0 radical (unpaired) electrons. The van der Waals surface area contributed by atoms with Crippen LogP contribution < -0.4 is 11.5 Å². The highest BCUT2D eigenvalue weighted by atomic mass is 31.2. The lowest BCUT2D eigenvalue weighted by molar-refractivity contribution is -0.0677. The van der Waals surface area contributed by atoms with E-state index >= 15 is 0 Å². The van der Waals surface area contributed by atoms with Crippen LogP contribution in [0.5, 0.6) is 0 Å². The molecule has 0 aromatic carbocycles. The fourth-order valence-electron chi connectivity index (χ4n) is 5.44. The number of carbonyl (C=O) groups excluding carboxylic acids is 1. The molecule has 22 nitrogen and oxygen atoms in total. The number of imidazole rings is 2. The second-order valence-electron chi connectivity index (χ2n) is 10.4. The second kappa shape index (κ2) is 10.9.